The van der Waals surface area contributed by atoms with Gasteiger partial charge in [-0.05, 0) is 31.4 Å². The minimum atomic E-state index is -1.04. The molecule has 0 bridgehead atoms. The third-order valence-electron chi connectivity index (χ3n) is 2.67. The molecule has 118 valence electrons. The van der Waals surface area contributed by atoms with E-state index in [0.29, 0.717) is 31.3 Å². The van der Waals surface area contributed by atoms with Crippen LogP contribution in [0.5, 0.6) is 17.2 Å². The lowest BCUT2D eigenvalue weighted by Crippen LogP contribution is -2.09. The van der Waals surface area contributed by atoms with Crippen molar-refractivity contribution in [3.8, 4) is 17.2 Å². The molecule has 0 atom stereocenters. The Morgan fingerprint density at radius 2 is 1.43 bits per heavy atom. The Labute approximate surface area is 125 Å². The van der Waals surface area contributed by atoms with Crippen LogP contribution in [-0.4, -0.2) is 30.9 Å². The molecule has 1 N–H and O–H groups in total. The van der Waals surface area contributed by atoms with E-state index < -0.39 is 5.97 Å². The average molecular weight is 296 g/mol. The summed E-state index contributed by atoms with van der Waals surface area (Å²) in [6.45, 7) is 7.41. The van der Waals surface area contributed by atoms with Crippen molar-refractivity contribution in [2.75, 3.05) is 19.8 Å². The number of carboxylic acid groups (broad SMARTS) is 1. The molecule has 0 aliphatic carbocycles. The van der Waals surface area contributed by atoms with Crippen molar-refractivity contribution in [3.05, 3.63) is 17.7 Å². The standard InChI is InChI=1S/C16H24O5/c1-4-9-19-13-8-7-12(16(17)18)14(20-10-5-2)15(13)21-11-6-3/h7-8H,4-6,9-11H2,1-3H3,(H,17,18). The molecule has 0 aromatic heterocycles. The van der Waals surface area contributed by atoms with E-state index in [2.05, 4.69) is 0 Å². The molecule has 0 saturated carbocycles. The molecule has 0 aliphatic heterocycles. The number of rotatable bonds is 10. The number of benzene rings is 1. The van der Waals surface area contributed by atoms with Gasteiger partial charge in [-0.3, -0.25) is 0 Å². The molecular formula is C16H24O5. The van der Waals surface area contributed by atoms with Crippen molar-refractivity contribution in [1.82, 2.24) is 0 Å². The summed E-state index contributed by atoms with van der Waals surface area (Å²) in [6, 6.07) is 3.13. The number of hydrogen-bond acceptors (Lipinski definition) is 4. The highest BCUT2D eigenvalue weighted by molar-refractivity contribution is 5.92. The van der Waals surface area contributed by atoms with E-state index in [-0.39, 0.29) is 11.3 Å². The summed E-state index contributed by atoms with van der Waals surface area (Å²) in [5.74, 6) is 0.135. The van der Waals surface area contributed by atoms with Gasteiger partial charge in [0.25, 0.3) is 0 Å². The van der Waals surface area contributed by atoms with Gasteiger partial charge in [0.05, 0.1) is 19.8 Å². The van der Waals surface area contributed by atoms with Crippen LogP contribution in [0, 0.1) is 0 Å². The van der Waals surface area contributed by atoms with Crippen LogP contribution in [0.1, 0.15) is 50.4 Å². The first-order chi connectivity index (χ1) is 10.2. The number of carbonyl (C=O) groups is 1. The monoisotopic (exact) mass is 296 g/mol. The maximum absolute atomic E-state index is 11.4. The van der Waals surface area contributed by atoms with Gasteiger partial charge in [-0.15, -0.1) is 0 Å². The van der Waals surface area contributed by atoms with E-state index in [0.717, 1.165) is 19.3 Å². The summed E-state index contributed by atoms with van der Waals surface area (Å²) >= 11 is 0. The van der Waals surface area contributed by atoms with Crippen LogP contribution in [0.25, 0.3) is 0 Å². The predicted molar refractivity (Wildman–Crippen MR) is 80.8 cm³/mol. The van der Waals surface area contributed by atoms with Crippen molar-refractivity contribution in [2.45, 2.75) is 40.0 Å². The lowest BCUT2D eigenvalue weighted by Gasteiger charge is -2.18. The van der Waals surface area contributed by atoms with Crippen molar-refractivity contribution < 1.29 is 24.1 Å². The van der Waals surface area contributed by atoms with Crippen LogP contribution < -0.4 is 14.2 Å². The van der Waals surface area contributed by atoms with E-state index in [9.17, 15) is 9.90 Å². The third-order valence-corrected chi connectivity index (χ3v) is 2.67. The molecule has 1 aromatic rings. The van der Waals surface area contributed by atoms with Crippen LogP contribution in [0.15, 0.2) is 12.1 Å². The van der Waals surface area contributed by atoms with E-state index in [1.54, 1.807) is 6.07 Å². The molecular weight excluding hydrogens is 272 g/mol. The lowest BCUT2D eigenvalue weighted by atomic mass is 10.1. The summed E-state index contributed by atoms with van der Waals surface area (Å²) in [5.41, 5.74) is 0.0957. The Morgan fingerprint density at radius 1 is 0.905 bits per heavy atom. The zero-order valence-corrected chi connectivity index (χ0v) is 13.0. The summed E-state index contributed by atoms with van der Waals surface area (Å²) in [5, 5.41) is 9.31. The first kappa shape index (κ1) is 17.1. The molecule has 1 rings (SSSR count). The quantitative estimate of drug-likeness (QED) is 0.712. The highest BCUT2D eigenvalue weighted by atomic mass is 16.5. The van der Waals surface area contributed by atoms with E-state index in [4.69, 9.17) is 14.2 Å². The number of hydrogen-bond donors (Lipinski definition) is 1. The van der Waals surface area contributed by atoms with Crippen LogP contribution >= 0.6 is 0 Å². The van der Waals surface area contributed by atoms with Gasteiger partial charge in [0.2, 0.25) is 5.75 Å². The largest absolute Gasteiger partial charge is 0.490 e. The van der Waals surface area contributed by atoms with Gasteiger partial charge in [0.1, 0.15) is 5.56 Å². The molecule has 0 radical (unpaired) electrons. The first-order valence-corrected chi connectivity index (χ1v) is 7.44. The second-order valence-corrected chi connectivity index (χ2v) is 4.62. The Hall–Kier alpha value is -1.91. The fourth-order valence-electron chi connectivity index (χ4n) is 1.73. The molecule has 5 nitrogen and oxygen atoms in total. The highest BCUT2D eigenvalue weighted by Crippen LogP contribution is 2.40. The van der Waals surface area contributed by atoms with Crippen molar-refractivity contribution in [2.24, 2.45) is 0 Å². The predicted octanol–water partition coefficient (Wildman–Crippen LogP) is 3.75. The molecule has 0 amide bonds. The van der Waals surface area contributed by atoms with Crippen molar-refractivity contribution in [1.29, 1.82) is 0 Å². The van der Waals surface area contributed by atoms with Gasteiger partial charge in [-0.1, -0.05) is 20.8 Å². The molecule has 1 aromatic carbocycles. The van der Waals surface area contributed by atoms with Gasteiger partial charge in [0.15, 0.2) is 11.5 Å². The van der Waals surface area contributed by atoms with E-state index >= 15 is 0 Å². The number of aromatic carboxylic acids is 1. The SMILES string of the molecule is CCCOc1ccc(C(=O)O)c(OCCC)c1OCCC. The van der Waals surface area contributed by atoms with Crippen molar-refractivity contribution in [3.63, 3.8) is 0 Å². The Bertz CT molecular complexity index is 456. The van der Waals surface area contributed by atoms with Crippen LogP contribution in [-0.2, 0) is 0 Å². The fraction of sp³-hybridized carbons (Fsp3) is 0.562. The Morgan fingerprint density at radius 3 is 1.95 bits per heavy atom. The van der Waals surface area contributed by atoms with Gasteiger partial charge in [-0.2, -0.15) is 0 Å². The average Bonchev–Trinajstić information content (AvgIpc) is 2.48. The van der Waals surface area contributed by atoms with Gasteiger partial charge >= 0.3 is 5.97 Å². The minimum Gasteiger partial charge on any atom is -0.490 e. The number of carboxylic acids is 1. The summed E-state index contributed by atoms with van der Waals surface area (Å²) in [7, 11) is 0. The van der Waals surface area contributed by atoms with E-state index in [1.165, 1.54) is 6.07 Å². The van der Waals surface area contributed by atoms with Crippen LogP contribution in [0.2, 0.25) is 0 Å². The maximum Gasteiger partial charge on any atom is 0.339 e. The van der Waals surface area contributed by atoms with Crippen LogP contribution in [0.4, 0.5) is 0 Å². The third kappa shape index (κ3) is 4.85. The summed E-state index contributed by atoms with van der Waals surface area (Å²) < 4.78 is 16.9. The second-order valence-electron chi connectivity index (χ2n) is 4.62. The first-order valence-electron chi connectivity index (χ1n) is 7.44. The van der Waals surface area contributed by atoms with Crippen LogP contribution in [0.3, 0.4) is 0 Å². The van der Waals surface area contributed by atoms with Gasteiger partial charge in [-0.25, -0.2) is 4.79 Å². The van der Waals surface area contributed by atoms with E-state index in [1.807, 2.05) is 20.8 Å². The lowest BCUT2D eigenvalue weighted by molar-refractivity contribution is 0.0691. The Kier molecular flexibility index (Phi) is 7.43. The molecule has 0 unspecified atom stereocenters. The normalized spacial score (nSPS) is 10.2. The molecule has 0 spiro atoms. The fourth-order valence-corrected chi connectivity index (χ4v) is 1.73. The second kappa shape index (κ2) is 9.10. The smallest absolute Gasteiger partial charge is 0.339 e. The highest BCUT2D eigenvalue weighted by Gasteiger charge is 2.21. The number of ether oxygens (including phenoxy) is 3. The van der Waals surface area contributed by atoms with Gasteiger partial charge < -0.3 is 19.3 Å². The maximum atomic E-state index is 11.4. The summed E-state index contributed by atoms with van der Waals surface area (Å²) in [4.78, 5) is 11.4. The molecule has 0 heterocycles. The summed E-state index contributed by atoms with van der Waals surface area (Å²) in [6.07, 6.45) is 2.46. The molecule has 0 fully saturated rings. The van der Waals surface area contributed by atoms with Gasteiger partial charge in [0, 0.05) is 0 Å². The minimum absolute atomic E-state index is 0.0957. The molecule has 0 saturated heterocycles. The zero-order valence-electron chi connectivity index (χ0n) is 13.0. The molecule has 0 aliphatic rings. The topological polar surface area (TPSA) is 65.0 Å². The Balaban J connectivity index is 3.22. The van der Waals surface area contributed by atoms with Crippen molar-refractivity contribution >= 4 is 5.97 Å². The zero-order chi connectivity index (χ0) is 15.7. The molecule has 21 heavy (non-hydrogen) atoms. The molecule has 5 heteroatoms.